The van der Waals surface area contributed by atoms with Gasteiger partial charge in [-0.1, -0.05) is 12.5 Å². The SMILES string of the molecule is CNC(Cc1ccccn1)C1CCCCS1(=O)=O. The van der Waals surface area contributed by atoms with Crippen LogP contribution in [0.3, 0.4) is 0 Å². The molecule has 1 aliphatic heterocycles. The summed E-state index contributed by atoms with van der Waals surface area (Å²) in [5, 5.41) is 2.89. The normalized spacial score (nSPS) is 24.6. The standard InChI is InChI=1S/C13H20N2O2S/c1-14-12(10-11-6-2-4-8-15-11)13-7-3-5-9-18(13,16)17/h2,4,6,8,12-14H,3,5,7,9-10H2,1H3. The van der Waals surface area contributed by atoms with Crippen LogP contribution in [0.5, 0.6) is 0 Å². The molecule has 4 nitrogen and oxygen atoms in total. The first-order chi connectivity index (χ1) is 8.63. The van der Waals surface area contributed by atoms with Gasteiger partial charge in [-0.3, -0.25) is 4.98 Å². The smallest absolute Gasteiger partial charge is 0.154 e. The lowest BCUT2D eigenvalue weighted by molar-refractivity contribution is 0.454. The Morgan fingerprint density at radius 3 is 2.89 bits per heavy atom. The second kappa shape index (κ2) is 5.80. The van der Waals surface area contributed by atoms with E-state index in [0.29, 0.717) is 12.2 Å². The number of pyridine rings is 1. The molecule has 2 heterocycles. The number of aromatic nitrogens is 1. The van der Waals surface area contributed by atoms with Gasteiger partial charge in [0.25, 0.3) is 0 Å². The van der Waals surface area contributed by atoms with E-state index in [4.69, 9.17) is 0 Å². The van der Waals surface area contributed by atoms with Crippen molar-refractivity contribution < 1.29 is 8.42 Å². The lowest BCUT2D eigenvalue weighted by atomic mass is 10.0. The van der Waals surface area contributed by atoms with E-state index in [2.05, 4.69) is 10.3 Å². The maximum Gasteiger partial charge on any atom is 0.154 e. The molecule has 18 heavy (non-hydrogen) atoms. The van der Waals surface area contributed by atoms with Crippen LogP contribution in [0.15, 0.2) is 24.4 Å². The Hall–Kier alpha value is -0.940. The van der Waals surface area contributed by atoms with Gasteiger partial charge in [-0.15, -0.1) is 0 Å². The van der Waals surface area contributed by atoms with Gasteiger partial charge >= 0.3 is 0 Å². The Balaban J connectivity index is 2.13. The summed E-state index contributed by atoms with van der Waals surface area (Å²) >= 11 is 0. The third-order valence-electron chi connectivity index (χ3n) is 3.60. The number of hydrogen-bond acceptors (Lipinski definition) is 4. The maximum atomic E-state index is 12.1. The molecular formula is C13H20N2O2S. The minimum atomic E-state index is -2.95. The van der Waals surface area contributed by atoms with E-state index in [0.717, 1.165) is 25.0 Å². The van der Waals surface area contributed by atoms with Crippen LogP contribution in [0, 0.1) is 0 Å². The Kier molecular flexibility index (Phi) is 4.35. The van der Waals surface area contributed by atoms with Gasteiger partial charge in [-0.25, -0.2) is 8.42 Å². The van der Waals surface area contributed by atoms with Crippen LogP contribution in [-0.4, -0.2) is 37.5 Å². The molecule has 0 saturated carbocycles. The van der Waals surface area contributed by atoms with Gasteiger partial charge in [0.15, 0.2) is 9.84 Å². The minimum absolute atomic E-state index is 0.0369. The lowest BCUT2D eigenvalue weighted by Gasteiger charge is -2.29. The molecule has 1 aromatic heterocycles. The molecule has 1 aliphatic rings. The summed E-state index contributed by atoms with van der Waals surface area (Å²) in [6, 6.07) is 5.71. The number of rotatable bonds is 4. The van der Waals surface area contributed by atoms with E-state index in [9.17, 15) is 8.42 Å². The second-order valence-electron chi connectivity index (χ2n) is 4.82. The highest BCUT2D eigenvalue weighted by molar-refractivity contribution is 7.92. The predicted molar refractivity (Wildman–Crippen MR) is 72.2 cm³/mol. The predicted octanol–water partition coefficient (Wildman–Crippen LogP) is 1.18. The average molecular weight is 268 g/mol. The summed E-state index contributed by atoms with van der Waals surface area (Å²) < 4.78 is 24.2. The molecule has 1 aromatic rings. The molecule has 0 radical (unpaired) electrons. The molecule has 5 heteroatoms. The van der Waals surface area contributed by atoms with E-state index >= 15 is 0 Å². The lowest BCUT2D eigenvalue weighted by Crippen LogP contribution is -2.46. The van der Waals surface area contributed by atoms with Gasteiger partial charge in [0.2, 0.25) is 0 Å². The van der Waals surface area contributed by atoms with E-state index in [-0.39, 0.29) is 11.3 Å². The number of likely N-dealkylation sites (N-methyl/N-ethyl adjacent to an activating group) is 1. The summed E-state index contributed by atoms with van der Waals surface area (Å²) in [5.41, 5.74) is 0.942. The molecule has 2 atom stereocenters. The number of sulfone groups is 1. The van der Waals surface area contributed by atoms with Gasteiger partial charge in [-0.2, -0.15) is 0 Å². The van der Waals surface area contributed by atoms with Crippen LogP contribution in [0.1, 0.15) is 25.0 Å². The summed E-state index contributed by atoms with van der Waals surface area (Å²) in [7, 11) is -1.11. The average Bonchev–Trinajstić information content (AvgIpc) is 2.37. The number of nitrogens with zero attached hydrogens (tertiary/aromatic N) is 1. The third kappa shape index (κ3) is 3.09. The van der Waals surface area contributed by atoms with E-state index < -0.39 is 9.84 Å². The fourth-order valence-electron chi connectivity index (χ4n) is 2.59. The summed E-state index contributed by atoms with van der Waals surface area (Å²) in [5.74, 6) is 0.331. The topological polar surface area (TPSA) is 59.1 Å². The number of hydrogen-bond donors (Lipinski definition) is 1. The fraction of sp³-hybridized carbons (Fsp3) is 0.615. The molecule has 0 bridgehead atoms. The molecule has 100 valence electrons. The molecule has 1 saturated heterocycles. The van der Waals surface area contributed by atoms with Crippen LogP contribution in [-0.2, 0) is 16.3 Å². The monoisotopic (exact) mass is 268 g/mol. The van der Waals surface area contributed by atoms with Crippen molar-refractivity contribution in [3.8, 4) is 0 Å². The van der Waals surface area contributed by atoms with E-state index in [1.54, 1.807) is 6.20 Å². The van der Waals surface area contributed by atoms with Gasteiger partial charge in [0.05, 0.1) is 11.0 Å². The molecule has 0 spiro atoms. The minimum Gasteiger partial charge on any atom is -0.315 e. The van der Waals surface area contributed by atoms with Crippen molar-refractivity contribution in [1.29, 1.82) is 0 Å². The van der Waals surface area contributed by atoms with Crippen molar-refractivity contribution in [2.75, 3.05) is 12.8 Å². The number of nitrogens with one attached hydrogen (secondary N) is 1. The Bertz CT molecular complexity index is 473. The zero-order valence-electron chi connectivity index (χ0n) is 10.7. The van der Waals surface area contributed by atoms with Gasteiger partial charge in [-0.05, 0) is 32.0 Å². The van der Waals surface area contributed by atoms with Crippen molar-refractivity contribution in [2.24, 2.45) is 0 Å². The molecule has 0 amide bonds. The molecule has 0 aliphatic carbocycles. The third-order valence-corrected chi connectivity index (χ3v) is 5.95. The first kappa shape index (κ1) is 13.5. The zero-order chi connectivity index (χ0) is 13.0. The first-order valence-electron chi connectivity index (χ1n) is 6.42. The van der Waals surface area contributed by atoms with Crippen LogP contribution in [0.2, 0.25) is 0 Å². The van der Waals surface area contributed by atoms with Gasteiger partial charge in [0.1, 0.15) is 0 Å². The summed E-state index contributed by atoms with van der Waals surface area (Å²) in [4.78, 5) is 4.27. The molecule has 2 rings (SSSR count). The quantitative estimate of drug-likeness (QED) is 0.891. The van der Waals surface area contributed by atoms with E-state index in [1.165, 1.54) is 0 Å². The molecule has 1 fully saturated rings. The van der Waals surface area contributed by atoms with Crippen molar-refractivity contribution in [2.45, 2.75) is 37.0 Å². The molecular weight excluding hydrogens is 248 g/mol. The van der Waals surface area contributed by atoms with Crippen molar-refractivity contribution in [3.63, 3.8) is 0 Å². The Labute approximate surface area is 109 Å². The molecule has 0 aromatic carbocycles. The van der Waals surface area contributed by atoms with Crippen molar-refractivity contribution >= 4 is 9.84 Å². The largest absolute Gasteiger partial charge is 0.315 e. The Morgan fingerprint density at radius 1 is 1.44 bits per heavy atom. The highest BCUT2D eigenvalue weighted by atomic mass is 32.2. The first-order valence-corrected chi connectivity index (χ1v) is 8.14. The second-order valence-corrected chi connectivity index (χ2v) is 7.16. The Morgan fingerprint density at radius 2 is 2.28 bits per heavy atom. The van der Waals surface area contributed by atoms with Crippen LogP contribution >= 0.6 is 0 Å². The van der Waals surface area contributed by atoms with Crippen molar-refractivity contribution in [3.05, 3.63) is 30.1 Å². The molecule has 1 N–H and O–H groups in total. The summed E-state index contributed by atoms with van der Waals surface area (Å²) in [6.07, 6.45) is 4.99. The van der Waals surface area contributed by atoms with Crippen LogP contribution < -0.4 is 5.32 Å². The van der Waals surface area contributed by atoms with Gasteiger partial charge in [0, 0.05) is 24.4 Å². The van der Waals surface area contributed by atoms with Gasteiger partial charge < -0.3 is 5.32 Å². The van der Waals surface area contributed by atoms with Crippen LogP contribution in [0.25, 0.3) is 0 Å². The summed E-state index contributed by atoms with van der Waals surface area (Å²) in [6.45, 7) is 0. The maximum absolute atomic E-state index is 12.1. The van der Waals surface area contributed by atoms with E-state index in [1.807, 2.05) is 25.2 Å². The van der Waals surface area contributed by atoms with Crippen molar-refractivity contribution in [1.82, 2.24) is 10.3 Å². The highest BCUT2D eigenvalue weighted by Crippen LogP contribution is 2.23. The molecule has 2 unspecified atom stereocenters. The zero-order valence-corrected chi connectivity index (χ0v) is 11.5. The highest BCUT2D eigenvalue weighted by Gasteiger charge is 2.34. The van der Waals surface area contributed by atoms with Crippen LogP contribution in [0.4, 0.5) is 0 Å². The fourth-order valence-corrected chi connectivity index (χ4v) is 4.76.